The molecule has 0 bridgehead atoms. The van der Waals surface area contributed by atoms with Crippen molar-refractivity contribution in [3.05, 3.63) is 120 Å². The summed E-state index contributed by atoms with van der Waals surface area (Å²) in [6.45, 7) is 1.32. The molecule has 5 rings (SSSR count). The minimum Gasteiger partial charge on any atom is -0.347 e. The molecule has 180 valence electrons. The number of urea groups is 1. The number of fused-ring (bicyclic) bond motifs is 1. The molecular weight excluding hydrogens is 450 g/mol. The number of imide groups is 1. The van der Waals surface area contributed by atoms with Crippen LogP contribution in [0.4, 0.5) is 4.79 Å². The first-order chi connectivity index (χ1) is 17.4. The van der Waals surface area contributed by atoms with E-state index in [4.69, 9.17) is 0 Å². The van der Waals surface area contributed by atoms with Crippen LogP contribution >= 0.6 is 0 Å². The molecule has 0 unspecified atom stereocenters. The highest BCUT2D eigenvalue weighted by atomic mass is 16.2. The van der Waals surface area contributed by atoms with Gasteiger partial charge in [0.1, 0.15) is 12.1 Å². The van der Waals surface area contributed by atoms with Crippen molar-refractivity contribution < 1.29 is 14.4 Å². The van der Waals surface area contributed by atoms with Crippen LogP contribution in [0, 0.1) is 0 Å². The average Bonchev–Trinajstić information content (AvgIpc) is 3.12. The fourth-order valence-corrected chi connectivity index (χ4v) is 4.71. The first-order valence-electron chi connectivity index (χ1n) is 12.0. The number of hydrogen-bond acceptors (Lipinski definition) is 3. The van der Waals surface area contributed by atoms with Crippen molar-refractivity contribution in [1.82, 2.24) is 15.5 Å². The lowest BCUT2D eigenvalue weighted by Gasteiger charge is -2.23. The summed E-state index contributed by atoms with van der Waals surface area (Å²) in [5.41, 5.74) is 1.46. The Morgan fingerprint density at radius 3 is 2.22 bits per heavy atom. The summed E-state index contributed by atoms with van der Waals surface area (Å²) < 4.78 is 0. The Hall–Kier alpha value is -4.45. The van der Waals surface area contributed by atoms with Crippen molar-refractivity contribution >= 4 is 28.6 Å². The van der Waals surface area contributed by atoms with Gasteiger partial charge in [-0.2, -0.15) is 0 Å². The predicted molar refractivity (Wildman–Crippen MR) is 139 cm³/mol. The maximum Gasteiger partial charge on any atom is 0.325 e. The van der Waals surface area contributed by atoms with E-state index in [1.165, 1.54) is 0 Å². The van der Waals surface area contributed by atoms with Gasteiger partial charge in [-0.05, 0) is 46.9 Å². The monoisotopic (exact) mass is 477 g/mol. The van der Waals surface area contributed by atoms with E-state index < -0.39 is 23.4 Å². The van der Waals surface area contributed by atoms with Gasteiger partial charge in [0, 0.05) is 0 Å². The van der Waals surface area contributed by atoms with Gasteiger partial charge in [-0.15, -0.1) is 0 Å². The van der Waals surface area contributed by atoms with E-state index in [0.717, 1.165) is 26.8 Å². The quantitative estimate of drug-likeness (QED) is 0.379. The van der Waals surface area contributed by atoms with Gasteiger partial charge in [-0.25, -0.2) is 4.79 Å². The molecule has 0 aromatic heterocycles. The van der Waals surface area contributed by atoms with E-state index >= 15 is 0 Å². The van der Waals surface area contributed by atoms with Crippen LogP contribution in [0.3, 0.4) is 0 Å². The molecule has 2 N–H and O–H groups in total. The van der Waals surface area contributed by atoms with Crippen LogP contribution in [0.25, 0.3) is 10.8 Å². The van der Waals surface area contributed by atoms with Crippen molar-refractivity contribution in [2.24, 2.45) is 0 Å². The van der Waals surface area contributed by atoms with Gasteiger partial charge in [0.15, 0.2) is 0 Å². The third kappa shape index (κ3) is 4.58. The molecule has 0 radical (unpaired) electrons. The normalized spacial score (nSPS) is 18.2. The van der Waals surface area contributed by atoms with Gasteiger partial charge in [-0.1, -0.05) is 97.1 Å². The summed E-state index contributed by atoms with van der Waals surface area (Å²) in [5, 5.41) is 7.84. The number of rotatable bonds is 7. The number of nitrogens with one attached hydrogen (secondary N) is 2. The first kappa shape index (κ1) is 23.3. The maximum atomic E-state index is 13.4. The molecule has 6 heteroatoms. The zero-order valence-electron chi connectivity index (χ0n) is 20.0. The van der Waals surface area contributed by atoms with Crippen molar-refractivity contribution in [2.75, 3.05) is 6.54 Å². The predicted octanol–water partition coefficient (Wildman–Crippen LogP) is 4.71. The molecule has 0 saturated carbocycles. The summed E-state index contributed by atoms with van der Waals surface area (Å²) >= 11 is 0. The molecular formula is C30H27N3O3. The Kier molecular flexibility index (Phi) is 6.25. The number of carbonyl (C=O) groups is 3. The number of amides is 4. The maximum absolute atomic E-state index is 13.4. The van der Waals surface area contributed by atoms with Gasteiger partial charge in [0.25, 0.3) is 5.91 Å². The van der Waals surface area contributed by atoms with Crippen LogP contribution in [0.5, 0.6) is 0 Å². The molecule has 2 atom stereocenters. The third-order valence-electron chi connectivity index (χ3n) is 6.72. The lowest BCUT2D eigenvalue weighted by Crippen LogP contribution is -2.44. The van der Waals surface area contributed by atoms with E-state index in [-0.39, 0.29) is 12.6 Å². The highest BCUT2D eigenvalue weighted by molar-refractivity contribution is 6.09. The molecule has 1 saturated heterocycles. The lowest BCUT2D eigenvalue weighted by atomic mass is 9.90. The number of nitrogens with zero attached hydrogens (tertiary/aromatic N) is 1. The van der Waals surface area contributed by atoms with E-state index in [9.17, 15) is 14.4 Å². The zero-order chi connectivity index (χ0) is 25.1. The Bertz CT molecular complexity index is 1420. The molecule has 4 aromatic rings. The van der Waals surface area contributed by atoms with Crippen LogP contribution in [-0.4, -0.2) is 29.3 Å². The molecule has 1 heterocycles. The molecule has 6 nitrogen and oxygen atoms in total. The fraction of sp³-hybridized carbons (Fsp3) is 0.167. The van der Waals surface area contributed by atoms with Gasteiger partial charge >= 0.3 is 6.03 Å². The topological polar surface area (TPSA) is 78.5 Å². The second-order valence-electron chi connectivity index (χ2n) is 9.23. The molecule has 1 fully saturated rings. The molecule has 0 aliphatic carbocycles. The van der Waals surface area contributed by atoms with Crippen LogP contribution in [-0.2, 0) is 21.5 Å². The van der Waals surface area contributed by atoms with E-state index in [1.807, 2.05) is 103 Å². The molecule has 36 heavy (non-hydrogen) atoms. The van der Waals surface area contributed by atoms with Crippen molar-refractivity contribution in [3.8, 4) is 0 Å². The lowest BCUT2D eigenvalue weighted by molar-refractivity contribution is -0.135. The van der Waals surface area contributed by atoms with E-state index in [2.05, 4.69) is 10.6 Å². The molecule has 1 aliphatic rings. The summed E-state index contributed by atoms with van der Waals surface area (Å²) in [6.07, 6.45) is 0.589. The third-order valence-corrected chi connectivity index (χ3v) is 6.72. The van der Waals surface area contributed by atoms with Crippen LogP contribution in [0.15, 0.2) is 103 Å². The van der Waals surface area contributed by atoms with Crippen molar-refractivity contribution in [1.29, 1.82) is 0 Å². The van der Waals surface area contributed by atoms with Gasteiger partial charge < -0.3 is 10.6 Å². The fourth-order valence-electron chi connectivity index (χ4n) is 4.71. The van der Waals surface area contributed by atoms with Crippen LogP contribution in [0.1, 0.15) is 29.7 Å². The molecule has 0 spiro atoms. The van der Waals surface area contributed by atoms with Crippen molar-refractivity contribution in [3.63, 3.8) is 0 Å². The Balaban J connectivity index is 1.34. The van der Waals surface area contributed by atoms with E-state index in [0.29, 0.717) is 12.0 Å². The molecule has 1 aliphatic heterocycles. The standard InChI is InChI=1S/C30H27N3O3/c1-30(25-17-16-22-12-8-9-15-24(22)19-25)28(35)33(29(36)32-30)20-27(34)31-26(23-13-6-3-7-14-23)18-21-10-4-2-5-11-21/h2-17,19,26H,18,20H2,1H3,(H,31,34)(H,32,36)/t26-,30-/m0/s1. The first-order valence-corrected chi connectivity index (χ1v) is 12.0. The highest BCUT2D eigenvalue weighted by Gasteiger charge is 2.49. The minimum atomic E-state index is -1.25. The Morgan fingerprint density at radius 2 is 1.50 bits per heavy atom. The number of benzene rings is 4. The molecule has 4 amide bonds. The summed E-state index contributed by atoms with van der Waals surface area (Å²) in [5.74, 6) is -0.844. The number of hydrogen-bond donors (Lipinski definition) is 2. The van der Waals surface area contributed by atoms with Gasteiger partial charge in [0.05, 0.1) is 6.04 Å². The SMILES string of the molecule is C[C@@]1(c2ccc3ccccc3c2)NC(=O)N(CC(=O)N[C@@H](Cc2ccccc2)c2ccccc2)C1=O. The number of carbonyl (C=O) groups excluding carboxylic acids is 3. The average molecular weight is 478 g/mol. The minimum absolute atomic E-state index is 0.297. The Labute approximate surface area is 209 Å². The smallest absolute Gasteiger partial charge is 0.325 e. The largest absolute Gasteiger partial charge is 0.347 e. The van der Waals surface area contributed by atoms with Gasteiger partial charge in [-0.3, -0.25) is 14.5 Å². The van der Waals surface area contributed by atoms with Gasteiger partial charge in [0.2, 0.25) is 5.91 Å². The summed E-state index contributed by atoms with van der Waals surface area (Å²) in [7, 11) is 0. The Morgan fingerprint density at radius 1 is 0.861 bits per heavy atom. The summed E-state index contributed by atoms with van der Waals surface area (Å²) in [6, 6.07) is 32.2. The van der Waals surface area contributed by atoms with E-state index in [1.54, 1.807) is 6.92 Å². The second kappa shape index (κ2) is 9.66. The van der Waals surface area contributed by atoms with Crippen molar-refractivity contribution in [2.45, 2.75) is 24.9 Å². The van der Waals surface area contributed by atoms with Crippen LogP contribution < -0.4 is 10.6 Å². The summed E-state index contributed by atoms with van der Waals surface area (Å²) in [4.78, 5) is 40.3. The van der Waals surface area contributed by atoms with Crippen LogP contribution in [0.2, 0.25) is 0 Å². The molecule has 4 aromatic carbocycles. The zero-order valence-corrected chi connectivity index (χ0v) is 20.0. The highest BCUT2D eigenvalue weighted by Crippen LogP contribution is 2.31. The second-order valence-corrected chi connectivity index (χ2v) is 9.23.